The summed E-state index contributed by atoms with van der Waals surface area (Å²) in [6.45, 7) is 1.09. The molecule has 6 nitrogen and oxygen atoms in total. The first-order chi connectivity index (χ1) is 10.6. The largest absolute Gasteiger partial charge is 0.465 e. The fourth-order valence-electron chi connectivity index (χ4n) is 3.00. The van der Waals surface area contributed by atoms with Gasteiger partial charge in [0.05, 0.1) is 6.04 Å². The molecule has 118 valence electrons. The van der Waals surface area contributed by atoms with Gasteiger partial charge in [-0.05, 0) is 24.3 Å². The summed E-state index contributed by atoms with van der Waals surface area (Å²) in [5.41, 5.74) is 6.83. The van der Waals surface area contributed by atoms with Crippen LogP contribution in [0.3, 0.4) is 0 Å². The first kappa shape index (κ1) is 14.8. The van der Waals surface area contributed by atoms with Crippen molar-refractivity contribution in [2.45, 2.75) is 24.9 Å². The van der Waals surface area contributed by atoms with E-state index in [0.29, 0.717) is 19.0 Å². The van der Waals surface area contributed by atoms with E-state index >= 15 is 0 Å². The summed E-state index contributed by atoms with van der Waals surface area (Å²) in [7, 11) is 0. The van der Waals surface area contributed by atoms with Crippen LogP contribution in [0.4, 0.5) is 4.79 Å². The Morgan fingerprint density at radius 1 is 1.23 bits per heavy atom. The number of benzene rings is 1. The normalized spacial score (nSPS) is 26.0. The number of carbonyl (C=O) groups is 2. The number of nitrogens with zero attached hydrogens (tertiary/aromatic N) is 2. The number of carbonyl (C=O) groups excluding carboxylic acids is 1. The molecule has 1 aliphatic heterocycles. The lowest BCUT2D eigenvalue weighted by atomic mass is 10.1. The molecule has 6 heteroatoms. The zero-order chi connectivity index (χ0) is 15.7. The molecule has 0 radical (unpaired) electrons. The second-order valence-corrected chi connectivity index (χ2v) is 6.15. The van der Waals surface area contributed by atoms with E-state index in [1.54, 1.807) is 4.90 Å². The Bertz CT molecular complexity index is 559. The zero-order valence-corrected chi connectivity index (χ0v) is 12.4. The van der Waals surface area contributed by atoms with Crippen molar-refractivity contribution in [2.75, 3.05) is 19.6 Å². The van der Waals surface area contributed by atoms with Crippen molar-refractivity contribution in [3.8, 4) is 0 Å². The summed E-state index contributed by atoms with van der Waals surface area (Å²) in [5, 5.41) is 9.52. The van der Waals surface area contributed by atoms with Crippen molar-refractivity contribution in [2.24, 2.45) is 11.7 Å². The number of nitrogens with two attached hydrogens (primary N) is 1. The standard InChI is InChI=1S/C16H21N3O3/c17-13-9-19(16(21)22)14(12-4-2-1-3-5-12)10-18(15(13)20)8-11-6-7-11/h1-5,11,13-14H,6-10,17H2,(H,21,22)/t13-,14-/m0/s1. The van der Waals surface area contributed by atoms with Crippen LogP contribution in [-0.2, 0) is 4.79 Å². The Kier molecular flexibility index (Phi) is 4.02. The molecule has 2 aliphatic rings. The summed E-state index contributed by atoms with van der Waals surface area (Å²) in [6, 6.07) is 8.30. The minimum atomic E-state index is -1.04. The molecule has 1 heterocycles. The van der Waals surface area contributed by atoms with Gasteiger partial charge in [-0.15, -0.1) is 0 Å². The van der Waals surface area contributed by atoms with Crippen LogP contribution in [0.2, 0.25) is 0 Å². The number of hydrogen-bond acceptors (Lipinski definition) is 3. The third-order valence-electron chi connectivity index (χ3n) is 4.40. The molecule has 3 N–H and O–H groups in total. The van der Waals surface area contributed by atoms with Crippen molar-refractivity contribution < 1.29 is 14.7 Å². The average Bonchev–Trinajstić information content (AvgIpc) is 3.33. The SMILES string of the molecule is N[C@H]1CN(C(=O)O)[C@H](c2ccccc2)CN(CC2CC2)C1=O. The van der Waals surface area contributed by atoms with E-state index < -0.39 is 12.1 Å². The van der Waals surface area contributed by atoms with Gasteiger partial charge in [-0.25, -0.2) is 4.79 Å². The second kappa shape index (κ2) is 5.96. The minimum Gasteiger partial charge on any atom is -0.465 e. The van der Waals surface area contributed by atoms with Crippen LogP contribution < -0.4 is 5.73 Å². The Balaban J connectivity index is 1.91. The highest BCUT2D eigenvalue weighted by atomic mass is 16.4. The van der Waals surface area contributed by atoms with Gasteiger partial charge < -0.3 is 15.7 Å². The van der Waals surface area contributed by atoms with Gasteiger partial charge in [-0.3, -0.25) is 9.69 Å². The summed E-state index contributed by atoms with van der Waals surface area (Å²) >= 11 is 0. The predicted molar refractivity (Wildman–Crippen MR) is 81.2 cm³/mol. The van der Waals surface area contributed by atoms with E-state index in [-0.39, 0.29) is 18.5 Å². The third-order valence-corrected chi connectivity index (χ3v) is 4.40. The van der Waals surface area contributed by atoms with Gasteiger partial charge >= 0.3 is 6.09 Å². The van der Waals surface area contributed by atoms with Crippen LogP contribution in [0, 0.1) is 5.92 Å². The van der Waals surface area contributed by atoms with Crippen LogP contribution in [0.5, 0.6) is 0 Å². The maximum atomic E-state index is 12.4. The predicted octanol–water partition coefficient (Wildman–Crippen LogP) is 1.29. The monoisotopic (exact) mass is 303 g/mol. The molecule has 1 saturated carbocycles. The highest BCUT2D eigenvalue weighted by Gasteiger charge is 2.38. The molecule has 0 aromatic heterocycles. The van der Waals surface area contributed by atoms with Crippen molar-refractivity contribution in [1.29, 1.82) is 0 Å². The molecule has 0 spiro atoms. The Hall–Kier alpha value is -2.08. The van der Waals surface area contributed by atoms with E-state index in [4.69, 9.17) is 5.73 Å². The van der Waals surface area contributed by atoms with Gasteiger partial charge in [-0.1, -0.05) is 30.3 Å². The van der Waals surface area contributed by atoms with Gasteiger partial charge in [0.2, 0.25) is 5.91 Å². The summed E-state index contributed by atoms with van der Waals surface area (Å²) < 4.78 is 0. The Morgan fingerprint density at radius 3 is 2.50 bits per heavy atom. The highest BCUT2D eigenvalue weighted by Crippen LogP contribution is 2.32. The van der Waals surface area contributed by atoms with Crippen molar-refractivity contribution >= 4 is 12.0 Å². The van der Waals surface area contributed by atoms with E-state index in [1.165, 1.54) is 4.90 Å². The van der Waals surface area contributed by atoms with Crippen molar-refractivity contribution in [1.82, 2.24) is 9.80 Å². The fraction of sp³-hybridized carbons (Fsp3) is 0.500. The Morgan fingerprint density at radius 2 is 1.91 bits per heavy atom. The number of hydrogen-bond donors (Lipinski definition) is 2. The van der Waals surface area contributed by atoms with Gasteiger partial charge in [0.25, 0.3) is 0 Å². The van der Waals surface area contributed by atoms with Crippen LogP contribution in [0.25, 0.3) is 0 Å². The molecule has 3 rings (SSSR count). The van der Waals surface area contributed by atoms with Gasteiger partial charge in [0, 0.05) is 19.6 Å². The molecule has 1 saturated heterocycles. The van der Waals surface area contributed by atoms with Crippen molar-refractivity contribution in [3.63, 3.8) is 0 Å². The maximum Gasteiger partial charge on any atom is 0.407 e. The first-order valence-electron chi connectivity index (χ1n) is 7.65. The van der Waals surface area contributed by atoms with Crippen LogP contribution in [-0.4, -0.2) is 52.6 Å². The molecule has 1 aromatic carbocycles. The second-order valence-electron chi connectivity index (χ2n) is 6.15. The zero-order valence-electron chi connectivity index (χ0n) is 12.4. The molecule has 0 unspecified atom stereocenters. The van der Waals surface area contributed by atoms with Gasteiger partial charge in [0.15, 0.2) is 0 Å². The topological polar surface area (TPSA) is 86.9 Å². The lowest BCUT2D eigenvalue weighted by Gasteiger charge is -2.30. The molecule has 2 amide bonds. The maximum absolute atomic E-state index is 12.4. The lowest BCUT2D eigenvalue weighted by Crippen LogP contribution is -2.46. The smallest absolute Gasteiger partial charge is 0.407 e. The lowest BCUT2D eigenvalue weighted by molar-refractivity contribution is -0.132. The highest BCUT2D eigenvalue weighted by molar-refractivity contribution is 5.83. The third kappa shape index (κ3) is 3.06. The van der Waals surface area contributed by atoms with Crippen LogP contribution >= 0.6 is 0 Å². The number of rotatable bonds is 3. The molecule has 2 atom stereocenters. The van der Waals surface area contributed by atoms with E-state index in [2.05, 4.69) is 0 Å². The Labute approximate surface area is 129 Å². The molecule has 0 bridgehead atoms. The van der Waals surface area contributed by atoms with E-state index in [0.717, 1.165) is 18.4 Å². The van der Waals surface area contributed by atoms with Crippen LogP contribution in [0.1, 0.15) is 24.4 Å². The molecular weight excluding hydrogens is 282 g/mol. The quantitative estimate of drug-likeness (QED) is 0.881. The van der Waals surface area contributed by atoms with E-state index in [9.17, 15) is 14.7 Å². The fourth-order valence-corrected chi connectivity index (χ4v) is 3.00. The summed E-state index contributed by atoms with van der Waals surface area (Å²) in [5.74, 6) is 0.403. The summed E-state index contributed by atoms with van der Waals surface area (Å²) in [4.78, 5) is 27.1. The number of amides is 2. The molecule has 1 aliphatic carbocycles. The first-order valence-corrected chi connectivity index (χ1v) is 7.65. The number of carboxylic acid groups (broad SMARTS) is 1. The van der Waals surface area contributed by atoms with Gasteiger partial charge in [-0.2, -0.15) is 0 Å². The summed E-state index contributed by atoms with van der Waals surface area (Å²) in [6.07, 6.45) is 1.24. The minimum absolute atomic E-state index is 0.0366. The molecule has 1 aromatic rings. The van der Waals surface area contributed by atoms with Crippen molar-refractivity contribution in [3.05, 3.63) is 35.9 Å². The van der Waals surface area contributed by atoms with Crippen LogP contribution in [0.15, 0.2) is 30.3 Å². The average molecular weight is 303 g/mol. The molecule has 22 heavy (non-hydrogen) atoms. The molecule has 2 fully saturated rings. The van der Waals surface area contributed by atoms with E-state index in [1.807, 2.05) is 30.3 Å². The molecular formula is C16H21N3O3. The van der Waals surface area contributed by atoms with Gasteiger partial charge in [0.1, 0.15) is 6.04 Å².